The van der Waals surface area contributed by atoms with Crippen LogP contribution in [0, 0.1) is 6.92 Å². The van der Waals surface area contributed by atoms with Gasteiger partial charge in [0, 0.05) is 37.3 Å². The Kier molecular flexibility index (Phi) is 5.89. The number of anilines is 1. The Morgan fingerprint density at radius 2 is 2.00 bits per heavy atom. The van der Waals surface area contributed by atoms with E-state index in [-0.39, 0.29) is 0 Å². The molecule has 0 spiro atoms. The van der Waals surface area contributed by atoms with Crippen LogP contribution in [-0.4, -0.2) is 55.8 Å². The highest BCUT2D eigenvalue weighted by atomic mass is 32.1. The molecular formula is C19H28N4O2S. The summed E-state index contributed by atoms with van der Waals surface area (Å²) in [4.78, 5) is 10.7. The van der Waals surface area contributed by atoms with E-state index in [1.165, 1.54) is 17.7 Å². The number of furan rings is 1. The van der Waals surface area contributed by atoms with Gasteiger partial charge >= 0.3 is 0 Å². The Hall–Kier alpha value is -1.41. The molecule has 2 saturated heterocycles. The van der Waals surface area contributed by atoms with Crippen molar-refractivity contribution in [1.82, 2.24) is 15.2 Å². The van der Waals surface area contributed by atoms with Crippen LogP contribution in [0.25, 0.3) is 0 Å². The predicted molar refractivity (Wildman–Crippen MR) is 104 cm³/mol. The highest BCUT2D eigenvalue weighted by molar-refractivity contribution is 7.15. The number of hydrogen-bond acceptors (Lipinski definition) is 7. The normalized spacial score (nSPS) is 20.0. The van der Waals surface area contributed by atoms with Crippen molar-refractivity contribution in [3.63, 3.8) is 0 Å². The largest absolute Gasteiger partial charge is 0.465 e. The molecule has 0 bridgehead atoms. The lowest BCUT2D eigenvalue weighted by Crippen LogP contribution is -2.36. The topological polar surface area (TPSA) is 53.8 Å². The zero-order valence-electron chi connectivity index (χ0n) is 15.4. The van der Waals surface area contributed by atoms with Crippen LogP contribution in [0.4, 0.5) is 5.13 Å². The molecule has 2 aliphatic heterocycles. The van der Waals surface area contributed by atoms with Gasteiger partial charge in [-0.3, -0.25) is 4.90 Å². The maximum absolute atomic E-state index is 5.93. The van der Waals surface area contributed by atoms with E-state index in [2.05, 4.69) is 32.2 Å². The van der Waals surface area contributed by atoms with Crippen molar-refractivity contribution >= 4 is 16.5 Å². The first kappa shape index (κ1) is 18.0. The van der Waals surface area contributed by atoms with Crippen molar-refractivity contribution in [2.24, 2.45) is 0 Å². The summed E-state index contributed by atoms with van der Waals surface area (Å²) in [5, 5.41) is 4.74. The monoisotopic (exact) mass is 376 g/mol. The van der Waals surface area contributed by atoms with Crippen LogP contribution in [0.1, 0.15) is 35.3 Å². The summed E-state index contributed by atoms with van der Waals surface area (Å²) in [5.74, 6) is 2.07. The summed E-state index contributed by atoms with van der Waals surface area (Å²) in [6.07, 6.45) is 4.58. The first-order chi connectivity index (χ1) is 12.8. The van der Waals surface area contributed by atoms with Gasteiger partial charge in [0.15, 0.2) is 5.13 Å². The summed E-state index contributed by atoms with van der Waals surface area (Å²) >= 11 is 1.78. The Morgan fingerprint density at radius 1 is 1.19 bits per heavy atom. The molecule has 0 aliphatic carbocycles. The Balaban J connectivity index is 1.33. The highest BCUT2D eigenvalue weighted by Crippen LogP contribution is 2.27. The highest BCUT2D eigenvalue weighted by Gasteiger charge is 2.25. The van der Waals surface area contributed by atoms with Crippen LogP contribution in [0.3, 0.4) is 0 Å². The van der Waals surface area contributed by atoms with Gasteiger partial charge in [0.1, 0.15) is 11.5 Å². The number of hydrogen-bond donors (Lipinski definition) is 1. The molecule has 1 atom stereocenters. The van der Waals surface area contributed by atoms with Gasteiger partial charge in [-0.2, -0.15) is 0 Å². The van der Waals surface area contributed by atoms with E-state index >= 15 is 0 Å². The van der Waals surface area contributed by atoms with Crippen LogP contribution in [0.5, 0.6) is 0 Å². The number of rotatable bonds is 7. The second-order valence-electron chi connectivity index (χ2n) is 7.05. The molecule has 6 nitrogen and oxygen atoms in total. The number of ether oxygens (including phenoxy) is 1. The average molecular weight is 377 g/mol. The fourth-order valence-electron chi connectivity index (χ4n) is 3.71. The minimum absolute atomic E-state index is 0.317. The van der Waals surface area contributed by atoms with E-state index in [1.807, 2.05) is 13.1 Å². The van der Waals surface area contributed by atoms with Gasteiger partial charge in [0.25, 0.3) is 0 Å². The van der Waals surface area contributed by atoms with E-state index < -0.39 is 0 Å². The minimum atomic E-state index is 0.317. The first-order valence-electron chi connectivity index (χ1n) is 9.58. The van der Waals surface area contributed by atoms with E-state index in [0.717, 1.165) is 69.1 Å². The van der Waals surface area contributed by atoms with E-state index in [0.29, 0.717) is 6.04 Å². The molecule has 0 aromatic carbocycles. The lowest BCUT2D eigenvalue weighted by atomic mass is 10.2. The van der Waals surface area contributed by atoms with E-state index in [9.17, 15) is 0 Å². The van der Waals surface area contributed by atoms with Crippen molar-refractivity contribution in [2.75, 3.05) is 50.8 Å². The summed E-state index contributed by atoms with van der Waals surface area (Å²) in [6, 6.07) is 4.51. The Morgan fingerprint density at radius 3 is 2.73 bits per heavy atom. The van der Waals surface area contributed by atoms with Gasteiger partial charge in [0.05, 0.1) is 19.3 Å². The second-order valence-corrected chi connectivity index (χ2v) is 8.14. The number of aromatic nitrogens is 1. The third kappa shape index (κ3) is 4.28. The zero-order valence-corrected chi connectivity index (χ0v) is 16.3. The van der Waals surface area contributed by atoms with Gasteiger partial charge in [-0.25, -0.2) is 4.98 Å². The first-order valence-corrected chi connectivity index (χ1v) is 10.4. The molecule has 0 amide bonds. The summed E-state index contributed by atoms with van der Waals surface area (Å²) in [5.41, 5.74) is 0. The predicted octanol–water partition coefficient (Wildman–Crippen LogP) is 2.81. The molecule has 2 fully saturated rings. The third-order valence-corrected chi connectivity index (χ3v) is 6.19. The van der Waals surface area contributed by atoms with Gasteiger partial charge in [0.2, 0.25) is 0 Å². The van der Waals surface area contributed by atoms with Crippen LogP contribution >= 0.6 is 11.3 Å². The van der Waals surface area contributed by atoms with E-state index in [1.54, 1.807) is 11.3 Å². The molecule has 142 valence electrons. The van der Waals surface area contributed by atoms with Gasteiger partial charge in [-0.15, -0.1) is 11.3 Å². The van der Waals surface area contributed by atoms with Crippen LogP contribution < -0.4 is 10.2 Å². The summed E-state index contributed by atoms with van der Waals surface area (Å²) in [7, 11) is 0. The van der Waals surface area contributed by atoms with Gasteiger partial charge < -0.3 is 19.4 Å². The molecule has 4 heterocycles. The third-order valence-electron chi connectivity index (χ3n) is 5.13. The smallest absolute Gasteiger partial charge is 0.185 e. The van der Waals surface area contributed by atoms with Crippen molar-refractivity contribution in [3.05, 3.63) is 34.7 Å². The fraction of sp³-hybridized carbons (Fsp3) is 0.632. The number of morpholine rings is 1. The number of thiazole rings is 1. The molecule has 26 heavy (non-hydrogen) atoms. The van der Waals surface area contributed by atoms with E-state index in [4.69, 9.17) is 9.15 Å². The van der Waals surface area contributed by atoms with Crippen molar-refractivity contribution in [1.29, 1.82) is 0 Å². The van der Waals surface area contributed by atoms with Crippen LogP contribution in [0.2, 0.25) is 0 Å². The Bertz CT molecular complexity index is 689. The standard InChI is InChI=1S/C19H28N4O2S/c1-15-4-5-18(25-15)17(22-6-2-3-7-22)14-20-12-16-13-21-19(26-16)23-8-10-24-11-9-23/h4-5,13,17,20H,2-3,6-12,14H2,1H3. The molecular weight excluding hydrogens is 348 g/mol. The molecule has 2 aromatic heterocycles. The fourth-order valence-corrected chi connectivity index (χ4v) is 4.64. The molecule has 0 saturated carbocycles. The molecule has 2 aliphatic rings. The minimum Gasteiger partial charge on any atom is -0.465 e. The molecule has 7 heteroatoms. The van der Waals surface area contributed by atoms with Gasteiger partial charge in [-0.1, -0.05) is 0 Å². The Labute approximate surface area is 159 Å². The lowest BCUT2D eigenvalue weighted by molar-refractivity contribution is 0.122. The number of nitrogens with one attached hydrogen (secondary N) is 1. The lowest BCUT2D eigenvalue weighted by Gasteiger charge is -2.26. The van der Waals surface area contributed by atoms with Crippen molar-refractivity contribution < 1.29 is 9.15 Å². The SMILES string of the molecule is Cc1ccc(C(CNCc2cnc(N3CCOCC3)s2)N2CCCC2)o1. The quantitative estimate of drug-likeness (QED) is 0.802. The molecule has 1 N–H and O–H groups in total. The molecule has 1 unspecified atom stereocenters. The zero-order chi connectivity index (χ0) is 17.8. The molecule has 0 radical (unpaired) electrons. The number of likely N-dealkylation sites (tertiary alicyclic amines) is 1. The molecule has 2 aromatic rings. The van der Waals surface area contributed by atoms with Crippen molar-refractivity contribution in [3.8, 4) is 0 Å². The second kappa shape index (κ2) is 8.52. The average Bonchev–Trinajstić information content (AvgIpc) is 3.42. The number of nitrogens with zero attached hydrogens (tertiary/aromatic N) is 3. The van der Waals surface area contributed by atoms with Gasteiger partial charge in [-0.05, 0) is 45.0 Å². The summed E-state index contributed by atoms with van der Waals surface area (Å²) in [6.45, 7) is 9.57. The van der Waals surface area contributed by atoms with Crippen LogP contribution in [0.15, 0.2) is 22.7 Å². The molecule has 4 rings (SSSR count). The summed E-state index contributed by atoms with van der Waals surface area (Å²) < 4.78 is 11.4. The number of aryl methyl sites for hydroxylation is 1. The maximum Gasteiger partial charge on any atom is 0.185 e. The maximum atomic E-state index is 5.93. The van der Waals surface area contributed by atoms with Crippen LogP contribution in [-0.2, 0) is 11.3 Å². The van der Waals surface area contributed by atoms with Crippen molar-refractivity contribution in [2.45, 2.75) is 32.4 Å².